The molecule has 0 saturated heterocycles. The van der Waals surface area contributed by atoms with Crippen molar-refractivity contribution in [2.75, 3.05) is 7.05 Å². The first kappa shape index (κ1) is 12.1. The standard InChI is InChI=1S/C11H15NO2S/c1-3-11(12(2)15(13)14)9-10-7-5-4-6-8-10/h3-8,11H,1,9H2,2H3,(H,13,14). The average molecular weight is 225 g/mol. The van der Waals surface area contributed by atoms with E-state index in [1.165, 1.54) is 4.31 Å². The van der Waals surface area contributed by atoms with Gasteiger partial charge in [-0.15, -0.1) is 6.58 Å². The number of rotatable bonds is 5. The molecule has 0 aliphatic heterocycles. The molecular formula is C11H15NO2S. The van der Waals surface area contributed by atoms with Crippen molar-refractivity contribution in [2.24, 2.45) is 0 Å². The SMILES string of the molecule is C=CC(Cc1ccccc1)N(C)S(=O)O. The molecule has 15 heavy (non-hydrogen) atoms. The molecule has 2 unspecified atom stereocenters. The third kappa shape index (κ3) is 3.58. The minimum atomic E-state index is -1.95. The molecule has 0 saturated carbocycles. The van der Waals surface area contributed by atoms with Gasteiger partial charge in [-0.1, -0.05) is 36.4 Å². The first-order valence-corrected chi connectivity index (χ1v) is 5.71. The molecule has 0 fully saturated rings. The third-order valence-electron chi connectivity index (χ3n) is 2.27. The Labute approximate surface area is 92.8 Å². The van der Waals surface area contributed by atoms with Gasteiger partial charge in [0.05, 0.1) is 0 Å². The molecule has 1 rings (SSSR count). The highest BCUT2D eigenvalue weighted by Crippen LogP contribution is 2.09. The van der Waals surface area contributed by atoms with E-state index in [1.54, 1.807) is 13.1 Å². The van der Waals surface area contributed by atoms with Crippen molar-refractivity contribution in [3.8, 4) is 0 Å². The molecule has 0 amide bonds. The van der Waals surface area contributed by atoms with Gasteiger partial charge in [-0.2, -0.15) is 4.31 Å². The fourth-order valence-electron chi connectivity index (χ4n) is 1.33. The Balaban J connectivity index is 2.70. The summed E-state index contributed by atoms with van der Waals surface area (Å²) in [6.45, 7) is 3.67. The topological polar surface area (TPSA) is 40.5 Å². The van der Waals surface area contributed by atoms with Crippen LogP contribution in [0, 0.1) is 0 Å². The predicted octanol–water partition coefficient (Wildman–Crippen LogP) is 1.85. The van der Waals surface area contributed by atoms with E-state index >= 15 is 0 Å². The zero-order chi connectivity index (χ0) is 11.3. The molecule has 4 heteroatoms. The molecule has 1 N–H and O–H groups in total. The van der Waals surface area contributed by atoms with Gasteiger partial charge in [0.25, 0.3) is 0 Å². The molecule has 0 aliphatic rings. The van der Waals surface area contributed by atoms with Gasteiger partial charge >= 0.3 is 0 Å². The van der Waals surface area contributed by atoms with Crippen LogP contribution >= 0.6 is 0 Å². The second kappa shape index (κ2) is 5.80. The van der Waals surface area contributed by atoms with E-state index in [2.05, 4.69) is 6.58 Å². The molecule has 1 aromatic rings. The van der Waals surface area contributed by atoms with Gasteiger partial charge < -0.3 is 0 Å². The molecule has 0 spiro atoms. The fourth-order valence-corrected chi connectivity index (χ4v) is 1.72. The van der Waals surface area contributed by atoms with E-state index in [1.807, 2.05) is 30.3 Å². The Morgan fingerprint density at radius 2 is 2.13 bits per heavy atom. The van der Waals surface area contributed by atoms with E-state index in [0.29, 0.717) is 6.42 Å². The normalized spacial score (nSPS) is 14.9. The second-order valence-corrected chi connectivity index (χ2v) is 4.31. The smallest absolute Gasteiger partial charge is 0.234 e. The van der Waals surface area contributed by atoms with Crippen LogP contribution in [0.3, 0.4) is 0 Å². The predicted molar refractivity (Wildman–Crippen MR) is 62.7 cm³/mol. The minimum Gasteiger partial charge on any atom is -0.294 e. The molecular weight excluding hydrogens is 210 g/mol. The Morgan fingerprint density at radius 3 is 2.60 bits per heavy atom. The van der Waals surface area contributed by atoms with Gasteiger partial charge in [0.2, 0.25) is 11.3 Å². The van der Waals surface area contributed by atoms with E-state index in [0.717, 1.165) is 5.56 Å². The highest BCUT2D eigenvalue weighted by Gasteiger charge is 2.15. The van der Waals surface area contributed by atoms with E-state index in [4.69, 9.17) is 4.55 Å². The van der Waals surface area contributed by atoms with Crippen molar-refractivity contribution in [1.82, 2.24) is 4.31 Å². The van der Waals surface area contributed by atoms with Crippen molar-refractivity contribution < 1.29 is 8.76 Å². The zero-order valence-electron chi connectivity index (χ0n) is 8.67. The van der Waals surface area contributed by atoms with Crippen molar-refractivity contribution in [3.05, 3.63) is 48.6 Å². The summed E-state index contributed by atoms with van der Waals surface area (Å²) in [5.74, 6) is 0. The van der Waals surface area contributed by atoms with Crippen LogP contribution in [0.15, 0.2) is 43.0 Å². The van der Waals surface area contributed by atoms with Crippen LogP contribution in [0.1, 0.15) is 5.56 Å². The Kier molecular flexibility index (Phi) is 4.68. The maximum Gasteiger partial charge on any atom is 0.234 e. The first-order valence-electron chi connectivity index (χ1n) is 4.65. The summed E-state index contributed by atoms with van der Waals surface area (Å²) in [5, 5.41) is 0. The van der Waals surface area contributed by atoms with Gasteiger partial charge in [0, 0.05) is 13.1 Å². The molecule has 82 valence electrons. The third-order valence-corrected chi connectivity index (χ3v) is 3.04. The van der Waals surface area contributed by atoms with Crippen molar-refractivity contribution in [3.63, 3.8) is 0 Å². The van der Waals surface area contributed by atoms with Crippen LogP contribution in [0.2, 0.25) is 0 Å². The quantitative estimate of drug-likeness (QED) is 0.613. The Bertz CT molecular complexity index is 340. The van der Waals surface area contributed by atoms with Crippen molar-refractivity contribution >= 4 is 11.3 Å². The van der Waals surface area contributed by atoms with Crippen molar-refractivity contribution in [1.29, 1.82) is 0 Å². The highest BCUT2D eigenvalue weighted by atomic mass is 32.2. The summed E-state index contributed by atoms with van der Waals surface area (Å²) in [5.41, 5.74) is 1.12. The summed E-state index contributed by atoms with van der Waals surface area (Å²) in [4.78, 5) is 0. The number of hydrogen-bond donors (Lipinski definition) is 1. The maximum absolute atomic E-state index is 10.9. The number of benzene rings is 1. The Morgan fingerprint density at radius 1 is 1.53 bits per heavy atom. The maximum atomic E-state index is 10.9. The monoisotopic (exact) mass is 225 g/mol. The minimum absolute atomic E-state index is 0.127. The van der Waals surface area contributed by atoms with E-state index in [9.17, 15) is 4.21 Å². The fraction of sp³-hybridized carbons (Fsp3) is 0.273. The van der Waals surface area contributed by atoms with E-state index < -0.39 is 11.3 Å². The molecule has 1 aromatic carbocycles. The molecule has 2 atom stereocenters. The van der Waals surface area contributed by atoms with Crippen molar-refractivity contribution in [2.45, 2.75) is 12.5 Å². The van der Waals surface area contributed by atoms with Crippen LogP contribution in [0.25, 0.3) is 0 Å². The van der Waals surface area contributed by atoms with Crippen LogP contribution in [0.4, 0.5) is 0 Å². The molecule has 3 nitrogen and oxygen atoms in total. The highest BCUT2D eigenvalue weighted by molar-refractivity contribution is 7.76. The van der Waals surface area contributed by atoms with Gasteiger partial charge in [-0.25, -0.2) is 4.21 Å². The van der Waals surface area contributed by atoms with Gasteiger partial charge in [0.15, 0.2) is 0 Å². The lowest BCUT2D eigenvalue weighted by atomic mass is 10.1. The molecule has 0 aromatic heterocycles. The number of likely N-dealkylation sites (N-methyl/N-ethyl adjacent to an activating group) is 1. The zero-order valence-corrected chi connectivity index (χ0v) is 9.48. The molecule has 0 bridgehead atoms. The second-order valence-electron chi connectivity index (χ2n) is 3.27. The van der Waals surface area contributed by atoms with Gasteiger partial charge in [0.1, 0.15) is 0 Å². The molecule has 0 radical (unpaired) electrons. The lowest BCUT2D eigenvalue weighted by Gasteiger charge is -2.20. The summed E-state index contributed by atoms with van der Waals surface area (Å²) in [7, 11) is 1.60. The number of nitrogens with zero attached hydrogens (tertiary/aromatic N) is 1. The largest absolute Gasteiger partial charge is 0.294 e. The molecule has 0 heterocycles. The van der Waals surface area contributed by atoms with Crippen LogP contribution in [-0.2, 0) is 17.7 Å². The first-order chi connectivity index (χ1) is 7.15. The van der Waals surface area contributed by atoms with Crippen LogP contribution < -0.4 is 0 Å². The van der Waals surface area contributed by atoms with Gasteiger partial charge in [-0.3, -0.25) is 4.55 Å². The summed E-state index contributed by atoms with van der Waals surface area (Å²) >= 11 is -1.95. The van der Waals surface area contributed by atoms with E-state index in [-0.39, 0.29) is 6.04 Å². The lowest BCUT2D eigenvalue weighted by molar-refractivity contribution is 0.401. The number of hydrogen-bond acceptors (Lipinski definition) is 1. The molecule has 0 aliphatic carbocycles. The average Bonchev–Trinajstić information content (AvgIpc) is 2.26. The Hall–Kier alpha value is -0.970. The van der Waals surface area contributed by atoms with Crippen LogP contribution in [0.5, 0.6) is 0 Å². The summed E-state index contributed by atoms with van der Waals surface area (Å²) in [6, 6.07) is 9.70. The van der Waals surface area contributed by atoms with Gasteiger partial charge in [-0.05, 0) is 12.0 Å². The van der Waals surface area contributed by atoms with Crippen LogP contribution in [-0.4, -0.2) is 26.2 Å². The summed E-state index contributed by atoms with van der Waals surface area (Å²) in [6.07, 6.45) is 2.37. The lowest BCUT2D eigenvalue weighted by Crippen LogP contribution is -2.33. The summed E-state index contributed by atoms with van der Waals surface area (Å²) < 4.78 is 21.2.